The van der Waals surface area contributed by atoms with E-state index >= 15 is 0 Å². The lowest BCUT2D eigenvalue weighted by Gasteiger charge is -2.13. The van der Waals surface area contributed by atoms with Crippen molar-refractivity contribution >= 4 is 17.7 Å². The largest absolute Gasteiger partial charge is 0.465 e. The summed E-state index contributed by atoms with van der Waals surface area (Å²) in [5.74, 6) is 1.98. The third-order valence-corrected chi connectivity index (χ3v) is 3.75. The first-order valence-electron chi connectivity index (χ1n) is 6.15. The molecule has 0 aliphatic carbocycles. The molecule has 1 aromatic rings. The van der Waals surface area contributed by atoms with Gasteiger partial charge in [0, 0.05) is 18.3 Å². The number of carbonyl (C=O) groups is 1. The third-order valence-electron chi connectivity index (χ3n) is 2.60. The number of hydrogen-bond acceptors (Lipinski definition) is 4. The van der Waals surface area contributed by atoms with Crippen LogP contribution in [0.2, 0.25) is 0 Å². The molecule has 1 rings (SSSR count). The summed E-state index contributed by atoms with van der Waals surface area (Å²) in [5.41, 5.74) is 1.77. The monoisotopic (exact) mass is 267 g/mol. The van der Waals surface area contributed by atoms with Gasteiger partial charge in [-0.15, -0.1) is 0 Å². The summed E-state index contributed by atoms with van der Waals surface area (Å²) in [6.45, 7) is 5.18. The van der Waals surface area contributed by atoms with E-state index in [4.69, 9.17) is 0 Å². The molecule has 0 radical (unpaired) electrons. The number of esters is 1. The first-order chi connectivity index (χ1) is 8.67. The van der Waals surface area contributed by atoms with Gasteiger partial charge in [0.1, 0.15) is 0 Å². The molecule has 1 N–H and O–H groups in total. The van der Waals surface area contributed by atoms with Gasteiger partial charge in [-0.1, -0.05) is 19.1 Å². The molecule has 0 amide bonds. The van der Waals surface area contributed by atoms with Gasteiger partial charge in [-0.2, -0.15) is 11.8 Å². The fourth-order valence-electron chi connectivity index (χ4n) is 1.52. The van der Waals surface area contributed by atoms with Crippen molar-refractivity contribution in [1.29, 1.82) is 0 Å². The Labute approximate surface area is 113 Å². The number of thioether (sulfide) groups is 1. The molecule has 0 spiro atoms. The fraction of sp³-hybridized carbons (Fsp3) is 0.500. The van der Waals surface area contributed by atoms with Gasteiger partial charge in [-0.05, 0) is 30.4 Å². The Balaban J connectivity index is 2.41. The van der Waals surface area contributed by atoms with E-state index in [1.54, 1.807) is 12.1 Å². The standard InChI is InChI=1S/C14H21NO2S/c1-4-18-10-11(2)15-9-12-5-7-13(8-6-12)14(16)17-3/h5-8,11,15H,4,9-10H2,1-3H3. The second kappa shape index (κ2) is 8.16. The van der Waals surface area contributed by atoms with E-state index in [-0.39, 0.29) is 5.97 Å². The van der Waals surface area contributed by atoms with Gasteiger partial charge >= 0.3 is 5.97 Å². The Hall–Kier alpha value is -1.00. The predicted molar refractivity (Wildman–Crippen MR) is 77.1 cm³/mol. The molecule has 0 heterocycles. The summed E-state index contributed by atoms with van der Waals surface area (Å²) in [6.07, 6.45) is 0. The molecule has 18 heavy (non-hydrogen) atoms. The summed E-state index contributed by atoms with van der Waals surface area (Å²) in [6, 6.07) is 8.01. The molecule has 0 saturated heterocycles. The van der Waals surface area contributed by atoms with Gasteiger partial charge in [-0.3, -0.25) is 0 Å². The van der Waals surface area contributed by atoms with Crippen molar-refractivity contribution in [2.75, 3.05) is 18.6 Å². The highest BCUT2D eigenvalue weighted by atomic mass is 32.2. The third kappa shape index (κ3) is 5.10. The van der Waals surface area contributed by atoms with E-state index in [2.05, 4.69) is 23.9 Å². The Morgan fingerprint density at radius 2 is 2.06 bits per heavy atom. The molecule has 4 heteroatoms. The van der Waals surface area contributed by atoms with Crippen molar-refractivity contribution in [2.45, 2.75) is 26.4 Å². The smallest absolute Gasteiger partial charge is 0.337 e. The number of ether oxygens (including phenoxy) is 1. The highest BCUT2D eigenvalue weighted by Gasteiger charge is 2.05. The van der Waals surface area contributed by atoms with Crippen molar-refractivity contribution in [3.8, 4) is 0 Å². The van der Waals surface area contributed by atoms with Crippen LogP contribution in [-0.4, -0.2) is 30.6 Å². The minimum absolute atomic E-state index is 0.290. The zero-order chi connectivity index (χ0) is 13.4. The number of methoxy groups -OCH3 is 1. The topological polar surface area (TPSA) is 38.3 Å². The molecule has 0 aliphatic rings. The van der Waals surface area contributed by atoms with Crippen LogP contribution in [0.15, 0.2) is 24.3 Å². The molecule has 1 aromatic carbocycles. The molecular weight excluding hydrogens is 246 g/mol. The molecule has 0 saturated carbocycles. The van der Waals surface area contributed by atoms with Gasteiger partial charge in [-0.25, -0.2) is 4.79 Å². The van der Waals surface area contributed by atoms with Crippen LogP contribution in [0.5, 0.6) is 0 Å². The molecule has 0 fully saturated rings. The summed E-state index contributed by atoms with van der Waals surface area (Å²) < 4.78 is 4.66. The van der Waals surface area contributed by atoms with E-state index in [0.29, 0.717) is 11.6 Å². The van der Waals surface area contributed by atoms with Crippen molar-refractivity contribution < 1.29 is 9.53 Å². The molecule has 1 unspecified atom stereocenters. The zero-order valence-electron chi connectivity index (χ0n) is 11.2. The fourth-order valence-corrected chi connectivity index (χ4v) is 2.23. The van der Waals surface area contributed by atoms with Crippen molar-refractivity contribution in [3.63, 3.8) is 0 Å². The molecule has 0 bridgehead atoms. The number of carbonyl (C=O) groups excluding carboxylic acids is 1. The van der Waals surface area contributed by atoms with Crippen LogP contribution in [0.3, 0.4) is 0 Å². The molecule has 0 aliphatic heterocycles. The SMILES string of the molecule is CCSCC(C)NCc1ccc(C(=O)OC)cc1. The molecular formula is C14H21NO2S. The zero-order valence-corrected chi connectivity index (χ0v) is 12.0. The van der Waals surface area contributed by atoms with Crippen molar-refractivity contribution in [1.82, 2.24) is 5.32 Å². The second-order valence-corrected chi connectivity index (χ2v) is 5.45. The van der Waals surface area contributed by atoms with Crippen LogP contribution < -0.4 is 5.32 Å². The first kappa shape index (κ1) is 15.1. The maximum atomic E-state index is 11.3. The quantitative estimate of drug-likeness (QED) is 0.771. The van der Waals surface area contributed by atoms with Crippen molar-refractivity contribution in [2.24, 2.45) is 0 Å². The van der Waals surface area contributed by atoms with Gasteiger partial charge < -0.3 is 10.1 Å². The van der Waals surface area contributed by atoms with Crippen molar-refractivity contribution in [3.05, 3.63) is 35.4 Å². The Bertz CT molecular complexity index is 365. The van der Waals surface area contributed by atoms with Gasteiger partial charge in [0.25, 0.3) is 0 Å². The lowest BCUT2D eigenvalue weighted by molar-refractivity contribution is 0.0600. The highest BCUT2D eigenvalue weighted by Crippen LogP contribution is 2.07. The molecule has 0 aromatic heterocycles. The van der Waals surface area contributed by atoms with E-state index < -0.39 is 0 Å². The van der Waals surface area contributed by atoms with Gasteiger partial charge in [0.15, 0.2) is 0 Å². The molecule has 1 atom stereocenters. The summed E-state index contributed by atoms with van der Waals surface area (Å²) in [5, 5.41) is 3.46. The average Bonchev–Trinajstić information content (AvgIpc) is 2.42. The highest BCUT2D eigenvalue weighted by molar-refractivity contribution is 7.99. The number of benzene rings is 1. The Morgan fingerprint density at radius 3 is 2.61 bits per heavy atom. The van der Waals surface area contributed by atoms with Crippen LogP contribution in [0.1, 0.15) is 29.8 Å². The maximum Gasteiger partial charge on any atom is 0.337 e. The minimum Gasteiger partial charge on any atom is -0.465 e. The van der Waals surface area contributed by atoms with Crippen LogP contribution in [-0.2, 0) is 11.3 Å². The van der Waals surface area contributed by atoms with E-state index in [1.165, 1.54) is 12.7 Å². The molecule has 3 nitrogen and oxygen atoms in total. The van der Waals surface area contributed by atoms with E-state index in [1.807, 2.05) is 23.9 Å². The Kier molecular flexibility index (Phi) is 6.83. The van der Waals surface area contributed by atoms with E-state index in [0.717, 1.165) is 18.1 Å². The lowest BCUT2D eigenvalue weighted by atomic mass is 10.1. The number of rotatable bonds is 7. The molecule has 100 valence electrons. The predicted octanol–water partition coefficient (Wildman–Crippen LogP) is 2.70. The second-order valence-electron chi connectivity index (χ2n) is 4.13. The summed E-state index contributed by atoms with van der Waals surface area (Å²) in [4.78, 5) is 11.3. The average molecular weight is 267 g/mol. The number of nitrogens with one attached hydrogen (secondary N) is 1. The normalized spacial score (nSPS) is 12.2. The van der Waals surface area contributed by atoms with E-state index in [9.17, 15) is 4.79 Å². The van der Waals surface area contributed by atoms with Crippen LogP contribution in [0.4, 0.5) is 0 Å². The van der Waals surface area contributed by atoms with Crippen LogP contribution >= 0.6 is 11.8 Å². The summed E-state index contributed by atoms with van der Waals surface area (Å²) >= 11 is 1.94. The van der Waals surface area contributed by atoms with Gasteiger partial charge in [0.05, 0.1) is 12.7 Å². The number of hydrogen-bond donors (Lipinski definition) is 1. The summed E-state index contributed by atoms with van der Waals surface area (Å²) in [7, 11) is 1.39. The minimum atomic E-state index is -0.290. The van der Waals surface area contributed by atoms with Gasteiger partial charge in [0.2, 0.25) is 0 Å². The Morgan fingerprint density at radius 1 is 1.39 bits per heavy atom. The maximum absolute atomic E-state index is 11.3. The van der Waals surface area contributed by atoms with Crippen LogP contribution in [0, 0.1) is 0 Å². The first-order valence-corrected chi connectivity index (χ1v) is 7.31. The lowest BCUT2D eigenvalue weighted by Crippen LogP contribution is -2.27. The van der Waals surface area contributed by atoms with Crippen LogP contribution in [0.25, 0.3) is 0 Å².